The Kier molecular flexibility index (Phi) is 3.73. The molecule has 1 aromatic heterocycles. The van der Waals surface area contributed by atoms with Gasteiger partial charge in [0, 0.05) is 6.04 Å². The van der Waals surface area contributed by atoms with Crippen molar-refractivity contribution in [3.8, 4) is 0 Å². The highest BCUT2D eigenvalue weighted by Crippen LogP contribution is 2.30. The smallest absolute Gasteiger partial charge is 0.324 e. The van der Waals surface area contributed by atoms with Crippen molar-refractivity contribution >= 4 is 11.3 Å². The molecule has 0 aliphatic heterocycles. The predicted molar refractivity (Wildman–Crippen MR) is 66.4 cm³/mol. The maximum Gasteiger partial charge on any atom is 0.416 e. The van der Waals surface area contributed by atoms with Crippen LogP contribution in [0.5, 0.6) is 0 Å². The fourth-order valence-electron chi connectivity index (χ4n) is 1.70. The van der Waals surface area contributed by atoms with Crippen molar-refractivity contribution in [1.29, 1.82) is 0 Å². The van der Waals surface area contributed by atoms with Gasteiger partial charge in [0.1, 0.15) is 0 Å². The Morgan fingerprint density at radius 1 is 1.11 bits per heavy atom. The topological polar surface area (TPSA) is 26.0 Å². The quantitative estimate of drug-likeness (QED) is 0.896. The van der Waals surface area contributed by atoms with E-state index in [4.69, 9.17) is 5.73 Å². The Morgan fingerprint density at radius 2 is 1.78 bits per heavy atom. The maximum atomic E-state index is 12.4. The second kappa shape index (κ2) is 5.12. The van der Waals surface area contributed by atoms with Crippen LogP contribution < -0.4 is 5.73 Å². The Labute approximate surface area is 107 Å². The van der Waals surface area contributed by atoms with Gasteiger partial charge in [-0.05, 0) is 46.5 Å². The van der Waals surface area contributed by atoms with Crippen LogP contribution >= 0.6 is 11.3 Å². The molecule has 2 N–H and O–H groups in total. The van der Waals surface area contributed by atoms with Crippen LogP contribution in [0.2, 0.25) is 0 Å². The van der Waals surface area contributed by atoms with Gasteiger partial charge >= 0.3 is 6.18 Å². The van der Waals surface area contributed by atoms with Gasteiger partial charge in [-0.2, -0.15) is 24.5 Å². The summed E-state index contributed by atoms with van der Waals surface area (Å²) in [6.45, 7) is 0. The molecule has 96 valence electrons. The molecule has 18 heavy (non-hydrogen) atoms. The van der Waals surface area contributed by atoms with Gasteiger partial charge < -0.3 is 5.73 Å². The average molecular weight is 271 g/mol. The van der Waals surface area contributed by atoms with Crippen molar-refractivity contribution in [2.24, 2.45) is 5.73 Å². The zero-order valence-electron chi connectivity index (χ0n) is 9.45. The molecular weight excluding hydrogens is 259 g/mol. The summed E-state index contributed by atoms with van der Waals surface area (Å²) in [5.74, 6) is 0. The number of halogens is 3. The zero-order valence-corrected chi connectivity index (χ0v) is 10.3. The van der Waals surface area contributed by atoms with E-state index in [1.54, 1.807) is 11.3 Å². The highest BCUT2D eigenvalue weighted by molar-refractivity contribution is 7.07. The van der Waals surface area contributed by atoms with Crippen LogP contribution in [0.25, 0.3) is 0 Å². The van der Waals surface area contributed by atoms with Crippen LogP contribution in [0.3, 0.4) is 0 Å². The molecule has 1 nitrogen and oxygen atoms in total. The summed E-state index contributed by atoms with van der Waals surface area (Å²) in [5, 5.41) is 3.94. The van der Waals surface area contributed by atoms with E-state index < -0.39 is 11.7 Å². The van der Waals surface area contributed by atoms with E-state index >= 15 is 0 Å². The first kappa shape index (κ1) is 13.1. The molecule has 0 saturated heterocycles. The van der Waals surface area contributed by atoms with Gasteiger partial charge in [-0.25, -0.2) is 0 Å². The maximum absolute atomic E-state index is 12.4. The summed E-state index contributed by atoms with van der Waals surface area (Å²) in [5.41, 5.74) is 7.15. The molecule has 0 amide bonds. The van der Waals surface area contributed by atoms with Crippen molar-refractivity contribution in [2.75, 3.05) is 0 Å². The van der Waals surface area contributed by atoms with E-state index in [1.807, 2.05) is 16.8 Å². The lowest BCUT2D eigenvalue weighted by molar-refractivity contribution is -0.137. The standard InChI is InChI=1S/C13H12F3NS/c14-13(15,16)11-3-1-10(2-4-11)12(17)7-9-5-6-18-8-9/h1-6,8,12H,7,17H2. The molecule has 1 aromatic carbocycles. The van der Waals surface area contributed by atoms with Crippen molar-refractivity contribution < 1.29 is 13.2 Å². The molecule has 0 spiro atoms. The van der Waals surface area contributed by atoms with Crippen LogP contribution in [-0.2, 0) is 12.6 Å². The summed E-state index contributed by atoms with van der Waals surface area (Å²) in [6, 6.07) is 6.72. The molecule has 0 fully saturated rings. The number of nitrogens with two attached hydrogens (primary N) is 1. The highest BCUT2D eigenvalue weighted by Gasteiger charge is 2.30. The predicted octanol–water partition coefficient (Wildman–Crippen LogP) is 4.01. The van der Waals surface area contributed by atoms with Crippen LogP contribution in [0.1, 0.15) is 22.7 Å². The monoisotopic (exact) mass is 271 g/mol. The van der Waals surface area contributed by atoms with Gasteiger partial charge in [0.15, 0.2) is 0 Å². The first-order valence-electron chi connectivity index (χ1n) is 5.40. The summed E-state index contributed by atoms with van der Waals surface area (Å²) < 4.78 is 37.2. The Hall–Kier alpha value is -1.33. The molecule has 5 heteroatoms. The SMILES string of the molecule is NC(Cc1ccsc1)c1ccc(C(F)(F)F)cc1. The van der Waals surface area contributed by atoms with Crippen LogP contribution in [0.4, 0.5) is 13.2 Å². The summed E-state index contributed by atoms with van der Waals surface area (Å²) in [7, 11) is 0. The fourth-order valence-corrected chi connectivity index (χ4v) is 2.38. The third-order valence-electron chi connectivity index (χ3n) is 2.70. The molecule has 0 aliphatic carbocycles. The fraction of sp³-hybridized carbons (Fsp3) is 0.231. The molecule has 0 radical (unpaired) electrons. The molecule has 1 heterocycles. The largest absolute Gasteiger partial charge is 0.416 e. The molecule has 1 atom stereocenters. The van der Waals surface area contributed by atoms with E-state index in [1.165, 1.54) is 12.1 Å². The molecule has 0 aliphatic rings. The zero-order chi connectivity index (χ0) is 13.2. The molecule has 2 rings (SSSR count). The van der Waals surface area contributed by atoms with E-state index in [9.17, 15) is 13.2 Å². The molecule has 0 saturated carbocycles. The number of hydrogen-bond donors (Lipinski definition) is 1. The number of hydrogen-bond acceptors (Lipinski definition) is 2. The van der Waals surface area contributed by atoms with Gasteiger partial charge in [-0.3, -0.25) is 0 Å². The van der Waals surface area contributed by atoms with Crippen LogP contribution in [0, 0.1) is 0 Å². The van der Waals surface area contributed by atoms with E-state index in [-0.39, 0.29) is 6.04 Å². The minimum Gasteiger partial charge on any atom is -0.324 e. The van der Waals surface area contributed by atoms with Crippen molar-refractivity contribution in [3.63, 3.8) is 0 Å². The first-order valence-corrected chi connectivity index (χ1v) is 6.35. The Morgan fingerprint density at radius 3 is 2.28 bits per heavy atom. The molecule has 1 unspecified atom stereocenters. The normalized spacial score (nSPS) is 13.6. The minimum absolute atomic E-state index is 0.276. The first-order chi connectivity index (χ1) is 8.47. The van der Waals surface area contributed by atoms with Crippen molar-refractivity contribution in [3.05, 3.63) is 57.8 Å². The number of thiophene rings is 1. The van der Waals surface area contributed by atoms with E-state index in [2.05, 4.69) is 0 Å². The summed E-state index contributed by atoms with van der Waals surface area (Å²) in [4.78, 5) is 0. The van der Waals surface area contributed by atoms with Crippen LogP contribution in [0.15, 0.2) is 41.1 Å². The Balaban J connectivity index is 2.10. The lowest BCUT2D eigenvalue weighted by Crippen LogP contribution is -2.13. The second-order valence-corrected chi connectivity index (χ2v) is 4.84. The van der Waals surface area contributed by atoms with Gasteiger partial charge in [0.05, 0.1) is 5.56 Å². The van der Waals surface area contributed by atoms with Crippen molar-refractivity contribution in [1.82, 2.24) is 0 Å². The van der Waals surface area contributed by atoms with Gasteiger partial charge in [-0.1, -0.05) is 12.1 Å². The molecular formula is C13H12F3NS. The number of alkyl halides is 3. The molecule has 2 aromatic rings. The van der Waals surface area contributed by atoms with E-state index in [0.717, 1.165) is 17.7 Å². The van der Waals surface area contributed by atoms with Gasteiger partial charge in [0.25, 0.3) is 0 Å². The van der Waals surface area contributed by atoms with E-state index in [0.29, 0.717) is 12.0 Å². The number of benzene rings is 1. The molecule has 0 bridgehead atoms. The van der Waals surface area contributed by atoms with Gasteiger partial charge in [-0.15, -0.1) is 0 Å². The van der Waals surface area contributed by atoms with Gasteiger partial charge in [0.2, 0.25) is 0 Å². The Bertz CT molecular complexity index is 488. The van der Waals surface area contributed by atoms with Crippen LogP contribution in [-0.4, -0.2) is 0 Å². The van der Waals surface area contributed by atoms with Crippen molar-refractivity contribution in [2.45, 2.75) is 18.6 Å². The lowest BCUT2D eigenvalue weighted by Gasteiger charge is -2.13. The number of rotatable bonds is 3. The second-order valence-electron chi connectivity index (χ2n) is 4.06. The third kappa shape index (κ3) is 3.11. The lowest BCUT2D eigenvalue weighted by atomic mass is 10.0. The summed E-state index contributed by atoms with van der Waals surface area (Å²) in [6.07, 6.45) is -3.66. The summed E-state index contributed by atoms with van der Waals surface area (Å²) >= 11 is 1.58. The highest BCUT2D eigenvalue weighted by atomic mass is 32.1. The minimum atomic E-state index is -4.30. The third-order valence-corrected chi connectivity index (χ3v) is 3.43. The average Bonchev–Trinajstić information content (AvgIpc) is 2.81.